The molecule has 4 nitrogen and oxygen atoms in total. The van der Waals surface area contributed by atoms with Crippen LogP contribution in [0.15, 0.2) is 48.8 Å². The Morgan fingerprint density at radius 2 is 1.68 bits per heavy atom. The van der Waals surface area contributed by atoms with E-state index >= 15 is 0 Å². The number of nitrogens with one attached hydrogen (secondary N) is 2. The van der Waals surface area contributed by atoms with Gasteiger partial charge in [-0.25, -0.2) is 0 Å². The molecule has 0 fully saturated rings. The predicted molar refractivity (Wildman–Crippen MR) is 78.5 cm³/mol. The SMILES string of the molecule is N=C(N)CCNc1ccc(Cc2ccncc2)cc1. The second kappa shape index (κ2) is 6.54. The normalized spacial score (nSPS) is 10.1. The number of nitrogens with two attached hydrogens (primary N) is 1. The molecule has 1 aromatic heterocycles. The lowest BCUT2D eigenvalue weighted by molar-refractivity contribution is 1.08. The molecule has 4 heteroatoms. The Bertz CT molecular complexity index is 520. The lowest BCUT2D eigenvalue weighted by Crippen LogP contribution is -2.15. The molecule has 0 atom stereocenters. The molecule has 0 unspecified atom stereocenters. The summed E-state index contributed by atoms with van der Waals surface area (Å²) < 4.78 is 0. The maximum atomic E-state index is 7.15. The summed E-state index contributed by atoms with van der Waals surface area (Å²) in [6, 6.07) is 12.4. The van der Waals surface area contributed by atoms with Gasteiger partial charge >= 0.3 is 0 Å². The molecule has 0 radical (unpaired) electrons. The van der Waals surface area contributed by atoms with Gasteiger partial charge in [0.15, 0.2) is 0 Å². The van der Waals surface area contributed by atoms with Gasteiger partial charge in [-0.1, -0.05) is 12.1 Å². The third-order valence-corrected chi connectivity index (χ3v) is 2.84. The number of benzene rings is 1. The van der Waals surface area contributed by atoms with E-state index in [-0.39, 0.29) is 5.84 Å². The fraction of sp³-hybridized carbons (Fsp3) is 0.200. The topological polar surface area (TPSA) is 74.8 Å². The van der Waals surface area contributed by atoms with Crippen LogP contribution in [-0.2, 0) is 6.42 Å². The van der Waals surface area contributed by atoms with Crippen molar-refractivity contribution in [3.63, 3.8) is 0 Å². The number of rotatable bonds is 6. The zero-order chi connectivity index (χ0) is 13.5. The molecular formula is C15H18N4. The van der Waals surface area contributed by atoms with Gasteiger partial charge in [-0.15, -0.1) is 0 Å². The van der Waals surface area contributed by atoms with Crippen LogP contribution in [0.4, 0.5) is 5.69 Å². The van der Waals surface area contributed by atoms with E-state index in [9.17, 15) is 0 Å². The first-order valence-corrected chi connectivity index (χ1v) is 6.28. The summed E-state index contributed by atoms with van der Waals surface area (Å²) in [7, 11) is 0. The van der Waals surface area contributed by atoms with E-state index in [0.29, 0.717) is 13.0 Å². The number of hydrogen-bond donors (Lipinski definition) is 3. The van der Waals surface area contributed by atoms with Crippen molar-refractivity contribution in [1.29, 1.82) is 5.41 Å². The van der Waals surface area contributed by atoms with Gasteiger partial charge in [0.05, 0.1) is 5.84 Å². The van der Waals surface area contributed by atoms with Gasteiger partial charge in [-0.3, -0.25) is 10.4 Å². The molecule has 2 aromatic rings. The molecule has 0 saturated carbocycles. The van der Waals surface area contributed by atoms with Crippen molar-refractivity contribution in [2.45, 2.75) is 12.8 Å². The zero-order valence-corrected chi connectivity index (χ0v) is 10.8. The van der Waals surface area contributed by atoms with Crippen LogP contribution in [0.5, 0.6) is 0 Å². The molecule has 98 valence electrons. The summed E-state index contributed by atoms with van der Waals surface area (Å²) in [4.78, 5) is 4.01. The van der Waals surface area contributed by atoms with E-state index in [1.807, 2.05) is 24.5 Å². The third-order valence-electron chi connectivity index (χ3n) is 2.84. The largest absolute Gasteiger partial charge is 0.388 e. The van der Waals surface area contributed by atoms with E-state index in [0.717, 1.165) is 12.1 Å². The molecule has 0 saturated heterocycles. The van der Waals surface area contributed by atoms with Gasteiger partial charge in [-0.2, -0.15) is 0 Å². The van der Waals surface area contributed by atoms with Crippen molar-refractivity contribution in [1.82, 2.24) is 4.98 Å². The number of aromatic nitrogens is 1. The van der Waals surface area contributed by atoms with Crippen LogP contribution in [0.25, 0.3) is 0 Å². The van der Waals surface area contributed by atoms with E-state index in [2.05, 4.69) is 34.6 Å². The van der Waals surface area contributed by atoms with E-state index in [1.54, 1.807) is 0 Å². The molecule has 0 spiro atoms. The maximum Gasteiger partial charge on any atom is 0.0923 e. The molecule has 0 aliphatic carbocycles. The van der Waals surface area contributed by atoms with Gasteiger partial charge in [0.1, 0.15) is 0 Å². The molecule has 2 rings (SSSR count). The average molecular weight is 254 g/mol. The highest BCUT2D eigenvalue weighted by atomic mass is 14.9. The standard InChI is InChI=1S/C15H18N4/c16-15(17)7-10-19-14-3-1-12(2-4-14)11-13-5-8-18-9-6-13/h1-6,8-9,19H,7,10-11H2,(H3,16,17). The molecule has 1 heterocycles. The Labute approximate surface area is 113 Å². The first kappa shape index (κ1) is 13.1. The molecule has 1 aromatic carbocycles. The van der Waals surface area contributed by atoms with Crippen molar-refractivity contribution in [2.24, 2.45) is 5.73 Å². The van der Waals surface area contributed by atoms with Crippen molar-refractivity contribution in [3.05, 3.63) is 59.9 Å². The number of pyridine rings is 1. The summed E-state index contributed by atoms with van der Waals surface area (Å²) >= 11 is 0. The highest BCUT2D eigenvalue weighted by molar-refractivity contribution is 5.77. The molecular weight excluding hydrogens is 236 g/mol. The maximum absolute atomic E-state index is 7.15. The highest BCUT2D eigenvalue weighted by Gasteiger charge is 1.97. The van der Waals surface area contributed by atoms with Crippen LogP contribution in [-0.4, -0.2) is 17.4 Å². The van der Waals surface area contributed by atoms with Crippen LogP contribution in [0.2, 0.25) is 0 Å². The van der Waals surface area contributed by atoms with Gasteiger partial charge in [0, 0.05) is 31.0 Å². The van der Waals surface area contributed by atoms with Gasteiger partial charge in [-0.05, 0) is 41.8 Å². The third kappa shape index (κ3) is 4.43. The Morgan fingerprint density at radius 3 is 2.32 bits per heavy atom. The van der Waals surface area contributed by atoms with Crippen LogP contribution in [0.3, 0.4) is 0 Å². The summed E-state index contributed by atoms with van der Waals surface area (Å²) in [5, 5.41) is 10.4. The van der Waals surface area contributed by atoms with Gasteiger partial charge in [0.25, 0.3) is 0 Å². The lowest BCUT2D eigenvalue weighted by atomic mass is 10.1. The Balaban J connectivity index is 1.89. The molecule has 0 aliphatic heterocycles. The van der Waals surface area contributed by atoms with Crippen LogP contribution < -0.4 is 11.1 Å². The van der Waals surface area contributed by atoms with E-state index in [1.165, 1.54) is 11.1 Å². The smallest absolute Gasteiger partial charge is 0.0923 e. The summed E-state index contributed by atoms with van der Waals surface area (Å²) in [5.74, 6) is 0.210. The van der Waals surface area contributed by atoms with Crippen molar-refractivity contribution in [2.75, 3.05) is 11.9 Å². The fourth-order valence-corrected chi connectivity index (χ4v) is 1.82. The minimum atomic E-state index is 0.210. The summed E-state index contributed by atoms with van der Waals surface area (Å²) in [6.07, 6.45) is 5.11. The summed E-state index contributed by atoms with van der Waals surface area (Å²) in [5.41, 5.74) is 8.88. The fourth-order valence-electron chi connectivity index (χ4n) is 1.82. The number of nitrogens with zero attached hydrogens (tertiary/aromatic N) is 1. The lowest BCUT2D eigenvalue weighted by Gasteiger charge is -2.07. The zero-order valence-electron chi connectivity index (χ0n) is 10.8. The second-order valence-electron chi connectivity index (χ2n) is 4.43. The Hall–Kier alpha value is -2.36. The number of amidine groups is 1. The molecule has 4 N–H and O–H groups in total. The number of hydrogen-bond acceptors (Lipinski definition) is 3. The minimum absolute atomic E-state index is 0.210. The first-order valence-electron chi connectivity index (χ1n) is 6.28. The van der Waals surface area contributed by atoms with Gasteiger partial charge in [0.2, 0.25) is 0 Å². The monoisotopic (exact) mass is 254 g/mol. The molecule has 0 amide bonds. The Morgan fingerprint density at radius 1 is 1.05 bits per heavy atom. The minimum Gasteiger partial charge on any atom is -0.388 e. The van der Waals surface area contributed by atoms with E-state index in [4.69, 9.17) is 11.1 Å². The molecule has 0 aliphatic rings. The predicted octanol–water partition coefficient (Wildman–Crippen LogP) is 2.41. The van der Waals surface area contributed by atoms with Crippen molar-refractivity contribution in [3.8, 4) is 0 Å². The first-order chi connectivity index (χ1) is 9.24. The molecule has 0 bridgehead atoms. The van der Waals surface area contributed by atoms with Gasteiger partial charge < -0.3 is 11.1 Å². The van der Waals surface area contributed by atoms with Crippen LogP contribution in [0.1, 0.15) is 17.5 Å². The second-order valence-corrected chi connectivity index (χ2v) is 4.43. The highest BCUT2D eigenvalue weighted by Crippen LogP contribution is 2.13. The quantitative estimate of drug-likeness (QED) is 0.547. The van der Waals surface area contributed by atoms with Crippen LogP contribution in [0, 0.1) is 5.41 Å². The molecule has 19 heavy (non-hydrogen) atoms. The average Bonchev–Trinajstić information content (AvgIpc) is 2.42. The Kier molecular flexibility index (Phi) is 4.50. The van der Waals surface area contributed by atoms with Crippen LogP contribution >= 0.6 is 0 Å². The number of anilines is 1. The van der Waals surface area contributed by atoms with Crippen molar-refractivity contribution >= 4 is 11.5 Å². The van der Waals surface area contributed by atoms with E-state index < -0.39 is 0 Å². The summed E-state index contributed by atoms with van der Waals surface area (Å²) in [6.45, 7) is 0.693. The van der Waals surface area contributed by atoms with Crippen molar-refractivity contribution < 1.29 is 0 Å².